The molecule has 0 bridgehead atoms. The summed E-state index contributed by atoms with van der Waals surface area (Å²) in [6.45, 7) is 10.2. The summed E-state index contributed by atoms with van der Waals surface area (Å²) in [4.78, 5) is 22.8. The second-order valence-corrected chi connectivity index (χ2v) is 7.80. The first kappa shape index (κ1) is 22.0. The van der Waals surface area contributed by atoms with Crippen molar-refractivity contribution in [3.05, 3.63) is 42.0 Å². The Kier molecular flexibility index (Phi) is 9.01. The Balaban J connectivity index is 1.86. The van der Waals surface area contributed by atoms with E-state index in [1.54, 1.807) is 19.0 Å². The molecule has 0 spiro atoms. The van der Waals surface area contributed by atoms with Crippen LogP contribution in [0.25, 0.3) is 6.08 Å². The highest BCUT2D eigenvalue weighted by molar-refractivity contribution is 5.84. The molecule has 1 aliphatic heterocycles. The van der Waals surface area contributed by atoms with E-state index in [-0.39, 0.29) is 12.5 Å². The number of rotatable bonds is 7. The lowest BCUT2D eigenvalue weighted by atomic mass is 10.2. The molecule has 0 radical (unpaired) electrons. The molecular weight excluding hydrogens is 350 g/mol. The third kappa shape index (κ3) is 7.72. The molecule has 154 valence electrons. The minimum Gasteiger partial charge on any atom is -0.356 e. The van der Waals surface area contributed by atoms with E-state index in [1.807, 2.05) is 6.07 Å². The second kappa shape index (κ2) is 11.5. The maximum atomic E-state index is 11.9. The summed E-state index contributed by atoms with van der Waals surface area (Å²) in [5.74, 6) is 1.40. The SMILES string of the molecule is CC(C)CNC(=NCC(=O)N(C)C)N1CCN(C/C=C/c2ccccc2)CC1. The highest BCUT2D eigenvalue weighted by atomic mass is 16.2. The molecule has 6 nitrogen and oxygen atoms in total. The Morgan fingerprint density at radius 3 is 2.46 bits per heavy atom. The number of carbonyl (C=O) groups is 1. The fourth-order valence-corrected chi connectivity index (χ4v) is 2.89. The zero-order valence-corrected chi connectivity index (χ0v) is 17.8. The highest BCUT2D eigenvalue weighted by Crippen LogP contribution is 2.05. The summed E-state index contributed by atoms with van der Waals surface area (Å²) in [6, 6.07) is 10.4. The van der Waals surface area contributed by atoms with Gasteiger partial charge >= 0.3 is 0 Å². The molecule has 28 heavy (non-hydrogen) atoms. The van der Waals surface area contributed by atoms with E-state index in [2.05, 4.69) is 70.4 Å². The van der Waals surface area contributed by atoms with Crippen molar-refractivity contribution in [2.24, 2.45) is 10.9 Å². The van der Waals surface area contributed by atoms with E-state index in [4.69, 9.17) is 0 Å². The van der Waals surface area contributed by atoms with Gasteiger partial charge in [-0.05, 0) is 11.5 Å². The van der Waals surface area contributed by atoms with Gasteiger partial charge in [0.2, 0.25) is 5.91 Å². The van der Waals surface area contributed by atoms with Crippen molar-refractivity contribution in [1.29, 1.82) is 0 Å². The first-order valence-corrected chi connectivity index (χ1v) is 10.1. The van der Waals surface area contributed by atoms with Gasteiger partial charge in [0.25, 0.3) is 0 Å². The van der Waals surface area contributed by atoms with Gasteiger partial charge in [-0.1, -0.05) is 56.3 Å². The Morgan fingerprint density at radius 1 is 1.18 bits per heavy atom. The van der Waals surface area contributed by atoms with E-state index >= 15 is 0 Å². The predicted molar refractivity (Wildman–Crippen MR) is 117 cm³/mol. The maximum Gasteiger partial charge on any atom is 0.243 e. The number of likely N-dealkylation sites (N-methyl/N-ethyl adjacent to an activating group) is 1. The Bertz CT molecular complexity index is 646. The molecule has 1 aromatic rings. The number of guanidine groups is 1. The number of piperazine rings is 1. The van der Waals surface area contributed by atoms with Crippen LogP contribution < -0.4 is 5.32 Å². The molecule has 1 fully saturated rings. The standard InChI is InChI=1S/C22H35N5O/c1-19(2)17-23-22(24-18-21(28)25(3)4)27-15-13-26(14-16-27)12-8-11-20-9-6-5-7-10-20/h5-11,19H,12-18H2,1-4H3,(H,23,24)/b11-8+. The molecule has 1 amide bonds. The van der Waals surface area contributed by atoms with E-state index in [9.17, 15) is 4.79 Å². The molecule has 1 aromatic carbocycles. The molecule has 0 unspecified atom stereocenters. The van der Waals surface area contributed by atoms with Crippen LogP contribution in [0.15, 0.2) is 41.4 Å². The van der Waals surface area contributed by atoms with Gasteiger partial charge in [0.15, 0.2) is 5.96 Å². The van der Waals surface area contributed by atoms with E-state index in [0.29, 0.717) is 5.92 Å². The number of hydrogen-bond acceptors (Lipinski definition) is 3. The van der Waals surface area contributed by atoms with Crippen molar-refractivity contribution in [3.8, 4) is 0 Å². The molecule has 0 saturated carbocycles. The lowest BCUT2D eigenvalue weighted by Gasteiger charge is -2.36. The summed E-state index contributed by atoms with van der Waals surface area (Å²) >= 11 is 0. The lowest BCUT2D eigenvalue weighted by molar-refractivity contribution is -0.127. The van der Waals surface area contributed by atoms with Gasteiger partial charge < -0.3 is 15.1 Å². The molecule has 0 aromatic heterocycles. The maximum absolute atomic E-state index is 11.9. The van der Waals surface area contributed by atoms with Gasteiger partial charge in [-0.25, -0.2) is 4.99 Å². The van der Waals surface area contributed by atoms with Crippen LogP contribution in [0.1, 0.15) is 19.4 Å². The van der Waals surface area contributed by atoms with Gasteiger partial charge in [0, 0.05) is 53.4 Å². The summed E-state index contributed by atoms with van der Waals surface area (Å²) in [5, 5.41) is 3.44. The summed E-state index contributed by atoms with van der Waals surface area (Å²) in [5.41, 5.74) is 1.24. The third-order valence-corrected chi connectivity index (χ3v) is 4.68. The largest absolute Gasteiger partial charge is 0.356 e. The average molecular weight is 386 g/mol. The Hall–Kier alpha value is -2.34. The number of benzene rings is 1. The molecule has 1 aliphatic rings. The quantitative estimate of drug-likeness (QED) is 0.576. The topological polar surface area (TPSA) is 51.2 Å². The molecule has 0 atom stereocenters. The smallest absolute Gasteiger partial charge is 0.243 e. The minimum atomic E-state index is 0.0218. The summed E-state index contributed by atoms with van der Waals surface area (Å²) < 4.78 is 0. The van der Waals surface area contributed by atoms with Gasteiger partial charge in [-0.2, -0.15) is 0 Å². The molecule has 1 N–H and O–H groups in total. The number of nitrogens with zero attached hydrogens (tertiary/aromatic N) is 4. The van der Waals surface area contributed by atoms with Crippen LogP contribution in [0.3, 0.4) is 0 Å². The van der Waals surface area contributed by atoms with Crippen molar-refractivity contribution >= 4 is 17.9 Å². The van der Waals surface area contributed by atoms with Crippen molar-refractivity contribution in [1.82, 2.24) is 20.0 Å². The second-order valence-electron chi connectivity index (χ2n) is 7.80. The van der Waals surface area contributed by atoms with E-state index in [0.717, 1.165) is 45.2 Å². The van der Waals surface area contributed by atoms with Gasteiger partial charge in [0.05, 0.1) is 0 Å². The molecule has 6 heteroatoms. The van der Waals surface area contributed by atoms with Crippen molar-refractivity contribution in [3.63, 3.8) is 0 Å². The summed E-state index contributed by atoms with van der Waals surface area (Å²) in [6.07, 6.45) is 4.41. The third-order valence-electron chi connectivity index (χ3n) is 4.68. The number of hydrogen-bond donors (Lipinski definition) is 1. The lowest BCUT2D eigenvalue weighted by Crippen LogP contribution is -2.53. The van der Waals surface area contributed by atoms with Crippen LogP contribution in [0, 0.1) is 5.92 Å². The van der Waals surface area contributed by atoms with Gasteiger partial charge in [0.1, 0.15) is 6.54 Å². The number of aliphatic imine (C=N–C) groups is 1. The zero-order valence-electron chi connectivity index (χ0n) is 17.8. The fourth-order valence-electron chi connectivity index (χ4n) is 2.89. The van der Waals surface area contributed by atoms with Gasteiger partial charge in [-0.15, -0.1) is 0 Å². The number of amides is 1. The Morgan fingerprint density at radius 2 is 1.86 bits per heavy atom. The van der Waals surface area contributed by atoms with Crippen molar-refractivity contribution in [2.75, 3.05) is 59.9 Å². The zero-order chi connectivity index (χ0) is 20.4. The average Bonchev–Trinajstić information content (AvgIpc) is 2.69. The monoisotopic (exact) mass is 385 g/mol. The van der Waals surface area contributed by atoms with Crippen molar-refractivity contribution in [2.45, 2.75) is 13.8 Å². The predicted octanol–water partition coefficient (Wildman–Crippen LogP) is 2.01. The Labute approximate surface area is 169 Å². The molecular formula is C22H35N5O. The van der Waals surface area contributed by atoms with Crippen LogP contribution in [-0.4, -0.2) is 86.5 Å². The van der Waals surface area contributed by atoms with Crippen LogP contribution in [0.2, 0.25) is 0 Å². The van der Waals surface area contributed by atoms with Crippen LogP contribution in [0.4, 0.5) is 0 Å². The van der Waals surface area contributed by atoms with Gasteiger partial charge in [-0.3, -0.25) is 9.69 Å². The molecule has 0 aliphatic carbocycles. The fraction of sp³-hybridized carbons (Fsp3) is 0.545. The minimum absolute atomic E-state index is 0.0218. The normalized spacial score (nSPS) is 16.0. The molecule has 1 saturated heterocycles. The molecule has 2 rings (SSSR count). The van der Waals surface area contributed by atoms with Crippen LogP contribution >= 0.6 is 0 Å². The van der Waals surface area contributed by atoms with Crippen LogP contribution in [0.5, 0.6) is 0 Å². The van der Waals surface area contributed by atoms with Crippen LogP contribution in [-0.2, 0) is 4.79 Å². The first-order valence-electron chi connectivity index (χ1n) is 10.1. The molecule has 1 heterocycles. The van der Waals surface area contributed by atoms with E-state index in [1.165, 1.54) is 5.56 Å². The van der Waals surface area contributed by atoms with E-state index < -0.39 is 0 Å². The highest BCUT2D eigenvalue weighted by Gasteiger charge is 2.19. The number of nitrogens with one attached hydrogen (secondary N) is 1. The number of carbonyl (C=O) groups excluding carboxylic acids is 1. The summed E-state index contributed by atoms with van der Waals surface area (Å²) in [7, 11) is 3.53. The first-order chi connectivity index (χ1) is 13.5. The van der Waals surface area contributed by atoms with Crippen molar-refractivity contribution < 1.29 is 4.79 Å².